The second kappa shape index (κ2) is 5.91. The normalized spacial score (nSPS) is 21.5. The summed E-state index contributed by atoms with van der Waals surface area (Å²) in [7, 11) is 1.68. The average molecular weight is 246 g/mol. The zero-order chi connectivity index (χ0) is 13.0. The highest BCUT2D eigenvalue weighted by molar-refractivity contribution is 5.37. The number of nitrogens with zero attached hydrogens (tertiary/aromatic N) is 1. The number of hydrogen-bond donors (Lipinski definition) is 1. The van der Waals surface area contributed by atoms with Crippen molar-refractivity contribution >= 4 is 0 Å². The summed E-state index contributed by atoms with van der Waals surface area (Å²) >= 11 is 0. The third-order valence-corrected chi connectivity index (χ3v) is 3.59. The zero-order valence-electron chi connectivity index (χ0n) is 11.2. The fourth-order valence-electron chi connectivity index (χ4n) is 2.43. The van der Waals surface area contributed by atoms with Gasteiger partial charge in [0, 0.05) is 18.2 Å². The Morgan fingerprint density at radius 3 is 2.89 bits per heavy atom. The molecule has 1 heterocycles. The van der Waals surface area contributed by atoms with Crippen molar-refractivity contribution in [1.82, 2.24) is 4.90 Å². The molecule has 1 fully saturated rings. The van der Waals surface area contributed by atoms with E-state index in [1.807, 2.05) is 24.3 Å². The van der Waals surface area contributed by atoms with Gasteiger partial charge in [0.1, 0.15) is 5.75 Å². The predicted molar refractivity (Wildman–Crippen MR) is 74.5 cm³/mol. The van der Waals surface area contributed by atoms with Crippen LogP contribution in [0.4, 0.5) is 0 Å². The zero-order valence-corrected chi connectivity index (χ0v) is 11.2. The van der Waals surface area contributed by atoms with Crippen LogP contribution in [0.2, 0.25) is 0 Å². The molecular formula is C15H22N2O. The van der Waals surface area contributed by atoms with E-state index in [1.165, 1.54) is 12.8 Å². The number of hydrogen-bond acceptors (Lipinski definition) is 3. The van der Waals surface area contributed by atoms with Crippen molar-refractivity contribution in [3.05, 3.63) is 42.1 Å². The number of nitrogens with two attached hydrogens (primary N) is 1. The van der Waals surface area contributed by atoms with Crippen molar-refractivity contribution < 1.29 is 4.74 Å². The van der Waals surface area contributed by atoms with Crippen molar-refractivity contribution in [3.63, 3.8) is 0 Å². The number of benzene rings is 1. The van der Waals surface area contributed by atoms with E-state index in [9.17, 15) is 0 Å². The minimum absolute atomic E-state index is 0.117. The van der Waals surface area contributed by atoms with E-state index in [2.05, 4.69) is 24.1 Å². The molecule has 0 aromatic heterocycles. The molecule has 0 radical (unpaired) electrons. The van der Waals surface area contributed by atoms with Gasteiger partial charge < -0.3 is 15.4 Å². The molecule has 2 N–H and O–H groups in total. The molecule has 3 heteroatoms. The fourth-order valence-corrected chi connectivity index (χ4v) is 2.43. The highest BCUT2D eigenvalue weighted by atomic mass is 16.5. The molecule has 1 aliphatic rings. The first kappa shape index (κ1) is 13.0. The summed E-state index contributed by atoms with van der Waals surface area (Å²) in [6.07, 6.45) is 6.73. The molecule has 0 amide bonds. The lowest BCUT2D eigenvalue weighted by Gasteiger charge is -2.19. The predicted octanol–water partition coefficient (Wildman–Crippen LogP) is 2.69. The van der Waals surface area contributed by atoms with Crippen LogP contribution in [0.3, 0.4) is 0 Å². The van der Waals surface area contributed by atoms with Gasteiger partial charge in [0.2, 0.25) is 0 Å². The molecule has 1 saturated heterocycles. The van der Waals surface area contributed by atoms with Gasteiger partial charge in [0.15, 0.2) is 0 Å². The van der Waals surface area contributed by atoms with Crippen LogP contribution in [0.15, 0.2) is 36.5 Å². The summed E-state index contributed by atoms with van der Waals surface area (Å²) in [5.41, 5.74) is 7.23. The molecule has 3 nitrogen and oxygen atoms in total. The second-order valence-electron chi connectivity index (χ2n) is 4.84. The molecule has 2 rings (SSSR count). The maximum absolute atomic E-state index is 6.20. The van der Waals surface area contributed by atoms with Crippen LogP contribution in [0.1, 0.15) is 31.4 Å². The van der Waals surface area contributed by atoms with E-state index in [1.54, 1.807) is 7.11 Å². The molecular weight excluding hydrogens is 224 g/mol. The van der Waals surface area contributed by atoms with Crippen molar-refractivity contribution in [2.45, 2.75) is 31.8 Å². The number of likely N-dealkylation sites (tertiary alicyclic amines) is 1. The van der Waals surface area contributed by atoms with Gasteiger partial charge in [-0.2, -0.15) is 0 Å². The van der Waals surface area contributed by atoms with Crippen LogP contribution in [-0.2, 0) is 0 Å². The Labute approximate surface area is 109 Å². The number of methoxy groups -OCH3 is 1. The lowest BCUT2D eigenvalue weighted by atomic mass is 10.1. The molecule has 18 heavy (non-hydrogen) atoms. The molecule has 0 spiro atoms. The molecule has 1 aromatic rings. The first-order valence-corrected chi connectivity index (χ1v) is 6.55. The third-order valence-electron chi connectivity index (χ3n) is 3.59. The SMILES string of the molecule is COc1ccccc1C(N)/C=C/N1CCCC1C. The van der Waals surface area contributed by atoms with E-state index >= 15 is 0 Å². The molecule has 2 unspecified atom stereocenters. The Bertz CT molecular complexity index is 417. The van der Waals surface area contributed by atoms with Crippen LogP contribution >= 0.6 is 0 Å². The van der Waals surface area contributed by atoms with Crippen molar-refractivity contribution in [2.24, 2.45) is 5.73 Å². The molecule has 0 aliphatic carbocycles. The van der Waals surface area contributed by atoms with Crippen LogP contribution in [0.5, 0.6) is 5.75 Å². The number of ether oxygens (including phenoxy) is 1. The Morgan fingerprint density at radius 1 is 1.44 bits per heavy atom. The van der Waals surface area contributed by atoms with Crippen molar-refractivity contribution in [3.8, 4) is 5.75 Å². The Morgan fingerprint density at radius 2 is 2.22 bits per heavy atom. The molecule has 0 bridgehead atoms. The van der Waals surface area contributed by atoms with Crippen LogP contribution in [0, 0.1) is 0 Å². The number of rotatable bonds is 4. The summed E-state index contributed by atoms with van der Waals surface area (Å²) in [5.74, 6) is 0.851. The van der Waals surface area contributed by atoms with Crippen molar-refractivity contribution in [1.29, 1.82) is 0 Å². The van der Waals surface area contributed by atoms with Crippen LogP contribution in [0.25, 0.3) is 0 Å². The quantitative estimate of drug-likeness (QED) is 0.887. The maximum Gasteiger partial charge on any atom is 0.123 e. The summed E-state index contributed by atoms with van der Waals surface area (Å²) in [4.78, 5) is 2.36. The minimum Gasteiger partial charge on any atom is -0.496 e. The largest absolute Gasteiger partial charge is 0.496 e. The van der Waals surface area contributed by atoms with Gasteiger partial charge in [-0.25, -0.2) is 0 Å². The molecule has 98 valence electrons. The third kappa shape index (κ3) is 2.85. The Hall–Kier alpha value is -1.48. The number of para-hydroxylation sites is 1. The van der Waals surface area contributed by atoms with E-state index in [-0.39, 0.29) is 6.04 Å². The first-order chi connectivity index (χ1) is 8.72. The van der Waals surface area contributed by atoms with Gasteiger partial charge in [-0.1, -0.05) is 18.2 Å². The molecule has 1 aliphatic heterocycles. The maximum atomic E-state index is 6.20. The van der Waals surface area contributed by atoms with Crippen LogP contribution in [-0.4, -0.2) is 24.6 Å². The summed E-state index contributed by atoms with van der Waals surface area (Å²) in [5, 5.41) is 0. The van der Waals surface area contributed by atoms with Crippen molar-refractivity contribution in [2.75, 3.05) is 13.7 Å². The van der Waals surface area contributed by atoms with Gasteiger partial charge in [0.25, 0.3) is 0 Å². The standard InChI is InChI=1S/C15H22N2O/c1-12-6-5-10-17(12)11-9-14(16)13-7-3-4-8-15(13)18-2/h3-4,7-9,11-12,14H,5-6,10,16H2,1-2H3/b11-9+. The summed E-state index contributed by atoms with van der Waals surface area (Å²) in [6, 6.07) is 8.42. The highest BCUT2D eigenvalue weighted by Gasteiger charge is 2.17. The second-order valence-corrected chi connectivity index (χ2v) is 4.84. The van der Waals surface area contributed by atoms with Gasteiger partial charge in [0.05, 0.1) is 13.2 Å². The Kier molecular flexibility index (Phi) is 4.26. The lowest BCUT2D eigenvalue weighted by Crippen LogP contribution is -2.21. The topological polar surface area (TPSA) is 38.5 Å². The minimum atomic E-state index is -0.117. The molecule has 2 atom stereocenters. The molecule has 0 saturated carbocycles. The fraction of sp³-hybridized carbons (Fsp3) is 0.467. The van der Waals surface area contributed by atoms with Gasteiger partial charge in [-0.3, -0.25) is 0 Å². The lowest BCUT2D eigenvalue weighted by molar-refractivity contribution is 0.370. The summed E-state index contributed by atoms with van der Waals surface area (Å²) in [6.45, 7) is 3.39. The highest BCUT2D eigenvalue weighted by Crippen LogP contribution is 2.24. The van der Waals surface area contributed by atoms with Crippen LogP contribution < -0.4 is 10.5 Å². The Balaban J connectivity index is 2.07. The smallest absolute Gasteiger partial charge is 0.123 e. The monoisotopic (exact) mass is 246 g/mol. The molecule has 1 aromatic carbocycles. The van der Waals surface area contributed by atoms with Gasteiger partial charge >= 0.3 is 0 Å². The van der Waals surface area contributed by atoms with Gasteiger partial charge in [-0.15, -0.1) is 0 Å². The summed E-state index contributed by atoms with van der Waals surface area (Å²) < 4.78 is 5.33. The van der Waals surface area contributed by atoms with E-state index in [0.717, 1.165) is 17.9 Å². The first-order valence-electron chi connectivity index (χ1n) is 6.55. The van der Waals surface area contributed by atoms with Gasteiger partial charge in [-0.05, 0) is 38.1 Å². The van der Waals surface area contributed by atoms with E-state index in [0.29, 0.717) is 6.04 Å². The average Bonchev–Trinajstić information content (AvgIpc) is 2.81. The van der Waals surface area contributed by atoms with E-state index in [4.69, 9.17) is 10.5 Å². The van der Waals surface area contributed by atoms with E-state index < -0.39 is 0 Å².